The molecule has 0 unspecified atom stereocenters. The summed E-state index contributed by atoms with van der Waals surface area (Å²) in [6, 6.07) is 9.85. The van der Waals surface area contributed by atoms with Crippen LogP contribution >= 0.6 is 11.6 Å². The van der Waals surface area contributed by atoms with Crippen LogP contribution < -0.4 is 10.6 Å². The van der Waals surface area contributed by atoms with Gasteiger partial charge in [-0.15, -0.1) is 0 Å². The van der Waals surface area contributed by atoms with Gasteiger partial charge in [-0.05, 0) is 37.2 Å². The number of hydrogen-bond donors (Lipinski definition) is 2. The lowest BCUT2D eigenvalue weighted by molar-refractivity contribution is 0.726. The van der Waals surface area contributed by atoms with Crippen LogP contribution in [0.1, 0.15) is 18.1 Å². The third-order valence-electron chi connectivity index (χ3n) is 2.98. The lowest BCUT2D eigenvalue weighted by Crippen LogP contribution is -2.13. The molecule has 1 aromatic carbocycles. The summed E-state index contributed by atoms with van der Waals surface area (Å²) in [4.78, 5) is 4.40. The normalized spacial score (nSPS) is 10.5. The molecule has 0 amide bonds. The molecule has 2 rings (SSSR count). The molecular weight excluding hydrogens is 258 g/mol. The Balaban J connectivity index is 2.25. The fourth-order valence-electron chi connectivity index (χ4n) is 1.82. The van der Waals surface area contributed by atoms with Crippen LogP contribution in [0.15, 0.2) is 36.5 Å². The Kier molecular flexibility index (Phi) is 4.77. The minimum Gasteiger partial charge on any atom is -0.340 e. The molecule has 100 valence electrons. The highest BCUT2D eigenvalue weighted by atomic mass is 35.5. The number of halogens is 1. The number of nitrogens with zero attached hydrogens (tertiary/aromatic N) is 1. The van der Waals surface area contributed by atoms with Gasteiger partial charge in [0.25, 0.3) is 0 Å². The van der Waals surface area contributed by atoms with Gasteiger partial charge in [-0.3, -0.25) is 0 Å². The molecule has 0 saturated heterocycles. The largest absolute Gasteiger partial charge is 0.340 e. The first-order valence-corrected chi connectivity index (χ1v) is 6.77. The number of pyridine rings is 1. The molecule has 0 saturated carbocycles. The smallest absolute Gasteiger partial charge is 0.134 e. The first-order chi connectivity index (χ1) is 9.22. The standard InChI is InChI=1S/C15H18ClN3/c1-3-17-10-12-6-5-9-18-15(12)19-14-8-4-7-13(16)11(14)2/h4-9,17H,3,10H2,1-2H3,(H,18,19). The van der Waals surface area contributed by atoms with E-state index in [2.05, 4.69) is 28.6 Å². The fourth-order valence-corrected chi connectivity index (χ4v) is 2.00. The number of hydrogen-bond acceptors (Lipinski definition) is 3. The number of benzene rings is 1. The summed E-state index contributed by atoms with van der Waals surface area (Å²) < 4.78 is 0. The van der Waals surface area contributed by atoms with E-state index in [1.54, 1.807) is 6.20 Å². The average molecular weight is 276 g/mol. The van der Waals surface area contributed by atoms with Gasteiger partial charge >= 0.3 is 0 Å². The Labute approximate surface area is 119 Å². The third kappa shape index (κ3) is 3.46. The zero-order valence-corrected chi connectivity index (χ0v) is 12.0. The van der Waals surface area contributed by atoms with Crippen LogP contribution in [0.5, 0.6) is 0 Å². The van der Waals surface area contributed by atoms with E-state index in [1.165, 1.54) is 0 Å². The maximum atomic E-state index is 6.13. The van der Waals surface area contributed by atoms with Crippen molar-refractivity contribution in [1.29, 1.82) is 0 Å². The first-order valence-electron chi connectivity index (χ1n) is 6.39. The molecule has 1 aromatic heterocycles. The summed E-state index contributed by atoms with van der Waals surface area (Å²) in [5, 5.41) is 7.42. The summed E-state index contributed by atoms with van der Waals surface area (Å²) in [6.45, 7) is 5.82. The lowest BCUT2D eigenvalue weighted by Gasteiger charge is -2.13. The fraction of sp³-hybridized carbons (Fsp3) is 0.267. The minimum absolute atomic E-state index is 0.758. The van der Waals surface area contributed by atoms with Crippen LogP contribution in [0.3, 0.4) is 0 Å². The minimum atomic E-state index is 0.758. The molecule has 0 bridgehead atoms. The highest BCUT2D eigenvalue weighted by molar-refractivity contribution is 6.31. The van der Waals surface area contributed by atoms with Crippen molar-refractivity contribution in [2.24, 2.45) is 0 Å². The summed E-state index contributed by atoms with van der Waals surface area (Å²) in [7, 11) is 0. The van der Waals surface area contributed by atoms with Gasteiger partial charge < -0.3 is 10.6 Å². The molecule has 0 spiro atoms. The summed E-state index contributed by atoms with van der Waals surface area (Å²) in [5.41, 5.74) is 3.16. The number of rotatable bonds is 5. The van der Waals surface area contributed by atoms with Gasteiger partial charge in [-0.2, -0.15) is 0 Å². The Morgan fingerprint density at radius 1 is 1.21 bits per heavy atom. The van der Waals surface area contributed by atoms with E-state index in [4.69, 9.17) is 11.6 Å². The van der Waals surface area contributed by atoms with E-state index in [0.29, 0.717) is 0 Å². The van der Waals surface area contributed by atoms with Crippen molar-refractivity contribution in [3.05, 3.63) is 52.7 Å². The second-order valence-corrected chi connectivity index (χ2v) is 4.74. The molecule has 0 fully saturated rings. The Bertz CT molecular complexity index is 555. The van der Waals surface area contributed by atoms with E-state index in [1.807, 2.05) is 31.2 Å². The second-order valence-electron chi connectivity index (χ2n) is 4.33. The van der Waals surface area contributed by atoms with E-state index in [0.717, 1.165) is 40.7 Å². The highest BCUT2D eigenvalue weighted by Gasteiger charge is 2.06. The zero-order chi connectivity index (χ0) is 13.7. The topological polar surface area (TPSA) is 37.0 Å². The van der Waals surface area contributed by atoms with E-state index in [9.17, 15) is 0 Å². The Hall–Kier alpha value is -1.58. The first kappa shape index (κ1) is 13.8. The van der Waals surface area contributed by atoms with Gasteiger partial charge in [0, 0.05) is 29.0 Å². The molecule has 4 heteroatoms. The van der Waals surface area contributed by atoms with Crippen LogP contribution in [0.4, 0.5) is 11.5 Å². The molecular formula is C15H18ClN3. The predicted molar refractivity (Wildman–Crippen MR) is 81.1 cm³/mol. The van der Waals surface area contributed by atoms with Gasteiger partial charge in [0.05, 0.1) is 0 Å². The summed E-state index contributed by atoms with van der Waals surface area (Å²) >= 11 is 6.13. The second kappa shape index (κ2) is 6.55. The summed E-state index contributed by atoms with van der Waals surface area (Å²) in [5.74, 6) is 0.869. The lowest BCUT2D eigenvalue weighted by atomic mass is 10.2. The molecule has 0 aliphatic rings. The maximum absolute atomic E-state index is 6.13. The highest BCUT2D eigenvalue weighted by Crippen LogP contribution is 2.26. The molecule has 0 aliphatic carbocycles. The van der Waals surface area contributed by atoms with Gasteiger partial charge in [-0.25, -0.2) is 4.98 Å². The van der Waals surface area contributed by atoms with Crippen LogP contribution in [0, 0.1) is 6.92 Å². The molecule has 19 heavy (non-hydrogen) atoms. The van der Waals surface area contributed by atoms with Crippen molar-refractivity contribution >= 4 is 23.1 Å². The van der Waals surface area contributed by atoms with Gasteiger partial charge in [0.1, 0.15) is 5.82 Å². The molecule has 2 N–H and O–H groups in total. The van der Waals surface area contributed by atoms with Crippen molar-refractivity contribution < 1.29 is 0 Å². The maximum Gasteiger partial charge on any atom is 0.134 e. The van der Waals surface area contributed by atoms with E-state index >= 15 is 0 Å². The van der Waals surface area contributed by atoms with Crippen LogP contribution in [0.2, 0.25) is 5.02 Å². The number of anilines is 2. The van der Waals surface area contributed by atoms with E-state index in [-0.39, 0.29) is 0 Å². The van der Waals surface area contributed by atoms with Crippen LogP contribution in [0.25, 0.3) is 0 Å². The molecule has 2 aromatic rings. The predicted octanol–water partition coefficient (Wildman–Crippen LogP) is 3.90. The van der Waals surface area contributed by atoms with Crippen LogP contribution in [-0.2, 0) is 6.54 Å². The van der Waals surface area contributed by atoms with Gasteiger partial charge in [0.15, 0.2) is 0 Å². The zero-order valence-electron chi connectivity index (χ0n) is 11.2. The van der Waals surface area contributed by atoms with Crippen molar-refractivity contribution in [2.45, 2.75) is 20.4 Å². The number of aromatic nitrogens is 1. The molecule has 0 atom stereocenters. The Morgan fingerprint density at radius 3 is 2.84 bits per heavy atom. The van der Waals surface area contributed by atoms with Crippen molar-refractivity contribution in [2.75, 3.05) is 11.9 Å². The van der Waals surface area contributed by atoms with Crippen molar-refractivity contribution in [3.63, 3.8) is 0 Å². The Morgan fingerprint density at radius 2 is 2.05 bits per heavy atom. The quantitative estimate of drug-likeness (QED) is 0.869. The van der Waals surface area contributed by atoms with Gasteiger partial charge in [0.2, 0.25) is 0 Å². The monoisotopic (exact) mass is 275 g/mol. The molecule has 0 aliphatic heterocycles. The SMILES string of the molecule is CCNCc1cccnc1Nc1cccc(Cl)c1C. The summed E-state index contributed by atoms with van der Waals surface area (Å²) in [6.07, 6.45) is 1.79. The van der Waals surface area contributed by atoms with Crippen molar-refractivity contribution in [3.8, 4) is 0 Å². The van der Waals surface area contributed by atoms with E-state index < -0.39 is 0 Å². The average Bonchev–Trinajstić information content (AvgIpc) is 2.43. The van der Waals surface area contributed by atoms with Gasteiger partial charge in [-0.1, -0.05) is 30.7 Å². The molecule has 3 nitrogen and oxygen atoms in total. The molecule has 1 heterocycles. The third-order valence-corrected chi connectivity index (χ3v) is 3.39. The van der Waals surface area contributed by atoms with Crippen molar-refractivity contribution in [1.82, 2.24) is 10.3 Å². The number of nitrogens with one attached hydrogen (secondary N) is 2. The van der Waals surface area contributed by atoms with Crippen LogP contribution in [-0.4, -0.2) is 11.5 Å². The molecule has 0 radical (unpaired) electrons.